The first-order valence-corrected chi connectivity index (χ1v) is 18.6. The van der Waals surface area contributed by atoms with E-state index in [1.165, 1.54) is 89.9 Å². The molecular formula is C35H62O6S. The molecule has 42 heavy (non-hydrogen) atoms. The predicted molar refractivity (Wildman–Crippen MR) is 173 cm³/mol. The summed E-state index contributed by atoms with van der Waals surface area (Å²) in [6.45, 7) is 8.24. The number of aryl methyl sites for hydroxylation is 1. The highest BCUT2D eigenvalue weighted by molar-refractivity contribution is 7.86. The molecule has 1 saturated heterocycles. The molecule has 0 N–H and O–H groups in total. The average Bonchev–Trinajstić information content (AvgIpc) is 3.43. The van der Waals surface area contributed by atoms with E-state index in [0.29, 0.717) is 19.1 Å². The lowest BCUT2D eigenvalue weighted by Gasteiger charge is -2.11. The van der Waals surface area contributed by atoms with E-state index in [4.69, 9.17) is 18.4 Å². The molecular weight excluding hydrogens is 548 g/mol. The zero-order valence-electron chi connectivity index (χ0n) is 27.0. The van der Waals surface area contributed by atoms with Crippen molar-refractivity contribution >= 4 is 10.1 Å². The standard InChI is InChI=1S/C35H62O6S/c1-3-4-5-6-7-8-9-10-11-12-13-14-15-18-25-38-29-33-28-34(40-30-33)31-39-26-19-16-17-20-27-41-42(36,37)35-23-21-32(2)22-24-35/h21-24,33-34H,3-20,25-31H2,1-2H3/t33-,34-/m1/s1. The molecule has 1 aromatic rings. The van der Waals surface area contributed by atoms with Crippen LogP contribution in [0.2, 0.25) is 0 Å². The molecule has 0 spiro atoms. The molecule has 0 unspecified atom stereocenters. The molecule has 0 bridgehead atoms. The Morgan fingerprint density at radius 2 is 1.14 bits per heavy atom. The van der Waals surface area contributed by atoms with Crippen LogP contribution in [0, 0.1) is 12.8 Å². The quantitative estimate of drug-likeness (QED) is 0.0696. The van der Waals surface area contributed by atoms with Crippen molar-refractivity contribution in [3.05, 3.63) is 29.8 Å². The van der Waals surface area contributed by atoms with Gasteiger partial charge in [-0.3, -0.25) is 4.18 Å². The first kappa shape index (κ1) is 37.2. The van der Waals surface area contributed by atoms with Crippen LogP contribution in [0.3, 0.4) is 0 Å². The highest BCUT2D eigenvalue weighted by Crippen LogP contribution is 2.21. The lowest BCUT2D eigenvalue weighted by atomic mass is 10.0. The van der Waals surface area contributed by atoms with Crippen LogP contribution in [-0.4, -0.2) is 54.2 Å². The highest BCUT2D eigenvalue weighted by atomic mass is 32.2. The second kappa shape index (κ2) is 24.3. The Hall–Kier alpha value is -0.990. The second-order valence-electron chi connectivity index (χ2n) is 12.3. The summed E-state index contributed by atoms with van der Waals surface area (Å²) >= 11 is 0. The summed E-state index contributed by atoms with van der Waals surface area (Å²) < 4.78 is 47.2. The first-order valence-electron chi connectivity index (χ1n) is 17.2. The maximum atomic E-state index is 12.2. The van der Waals surface area contributed by atoms with E-state index in [9.17, 15) is 8.42 Å². The second-order valence-corrected chi connectivity index (χ2v) is 13.9. The fraction of sp³-hybridized carbons (Fsp3) is 0.829. The zero-order chi connectivity index (χ0) is 30.1. The van der Waals surface area contributed by atoms with Gasteiger partial charge < -0.3 is 14.2 Å². The van der Waals surface area contributed by atoms with Gasteiger partial charge in [-0.15, -0.1) is 0 Å². The number of benzene rings is 1. The molecule has 2 rings (SSSR count). The molecule has 244 valence electrons. The van der Waals surface area contributed by atoms with Crippen LogP contribution >= 0.6 is 0 Å². The fourth-order valence-corrected chi connectivity index (χ4v) is 6.42. The van der Waals surface area contributed by atoms with Gasteiger partial charge in [-0.05, 0) is 44.7 Å². The van der Waals surface area contributed by atoms with Gasteiger partial charge in [-0.2, -0.15) is 8.42 Å². The monoisotopic (exact) mass is 610 g/mol. The molecule has 0 aliphatic carbocycles. The summed E-state index contributed by atoms with van der Waals surface area (Å²) in [6, 6.07) is 6.74. The highest BCUT2D eigenvalue weighted by Gasteiger charge is 2.25. The van der Waals surface area contributed by atoms with Crippen molar-refractivity contribution < 1.29 is 26.8 Å². The maximum Gasteiger partial charge on any atom is 0.296 e. The number of hydrogen-bond donors (Lipinski definition) is 0. The third kappa shape index (κ3) is 18.6. The Bertz CT molecular complexity index is 857. The predicted octanol–water partition coefficient (Wildman–Crippen LogP) is 9.18. The molecule has 1 aliphatic rings. The molecule has 0 radical (unpaired) electrons. The van der Waals surface area contributed by atoms with E-state index < -0.39 is 10.1 Å². The van der Waals surface area contributed by atoms with Gasteiger partial charge in [-0.25, -0.2) is 0 Å². The van der Waals surface area contributed by atoms with Gasteiger partial charge in [0.25, 0.3) is 10.1 Å². The maximum absolute atomic E-state index is 12.2. The van der Waals surface area contributed by atoms with Crippen LogP contribution in [0.25, 0.3) is 0 Å². The first-order chi connectivity index (χ1) is 20.5. The van der Waals surface area contributed by atoms with E-state index in [2.05, 4.69) is 6.92 Å². The fourth-order valence-electron chi connectivity index (χ4n) is 5.48. The summed E-state index contributed by atoms with van der Waals surface area (Å²) in [5, 5.41) is 0. The number of rotatable bonds is 28. The molecule has 0 aromatic heterocycles. The Morgan fingerprint density at radius 1 is 0.667 bits per heavy atom. The summed E-state index contributed by atoms with van der Waals surface area (Å²) in [5.41, 5.74) is 1.02. The van der Waals surface area contributed by atoms with Gasteiger partial charge in [0, 0.05) is 19.1 Å². The van der Waals surface area contributed by atoms with E-state index in [1.807, 2.05) is 6.92 Å². The van der Waals surface area contributed by atoms with Crippen molar-refractivity contribution in [2.75, 3.05) is 39.6 Å². The largest absolute Gasteiger partial charge is 0.381 e. The Morgan fingerprint density at radius 3 is 1.69 bits per heavy atom. The minimum atomic E-state index is -3.66. The summed E-state index contributed by atoms with van der Waals surface area (Å²) in [7, 11) is -3.66. The third-order valence-corrected chi connectivity index (χ3v) is 9.52. The lowest BCUT2D eigenvalue weighted by molar-refractivity contribution is 0.0140. The van der Waals surface area contributed by atoms with Crippen molar-refractivity contribution in [3.63, 3.8) is 0 Å². The Kier molecular flexibility index (Phi) is 21.6. The SMILES string of the molecule is CCCCCCCCCCCCCCCCOC[C@@H]1CO[C@@H](COCCCCCCOS(=O)(=O)c2ccc(C)cc2)C1. The van der Waals surface area contributed by atoms with Crippen LogP contribution in [-0.2, 0) is 28.5 Å². The normalized spacial score (nSPS) is 17.3. The van der Waals surface area contributed by atoms with E-state index in [1.54, 1.807) is 24.3 Å². The Balaban J connectivity index is 1.30. The Labute approximate surface area is 258 Å². The summed E-state index contributed by atoms with van der Waals surface area (Å²) in [4.78, 5) is 0.217. The molecule has 1 heterocycles. The van der Waals surface area contributed by atoms with Gasteiger partial charge in [0.2, 0.25) is 0 Å². The van der Waals surface area contributed by atoms with Crippen molar-refractivity contribution in [2.24, 2.45) is 5.92 Å². The van der Waals surface area contributed by atoms with E-state index in [0.717, 1.165) is 57.5 Å². The van der Waals surface area contributed by atoms with Crippen LogP contribution in [0.1, 0.15) is 134 Å². The molecule has 2 atom stereocenters. The topological polar surface area (TPSA) is 71.1 Å². The molecule has 7 heteroatoms. The van der Waals surface area contributed by atoms with Gasteiger partial charge in [0.1, 0.15) is 0 Å². The van der Waals surface area contributed by atoms with Crippen LogP contribution in [0.15, 0.2) is 29.2 Å². The van der Waals surface area contributed by atoms with Gasteiger partial charge >= 0.3 is 0 Å². The molecule has 1 aliphatic heterocycles. The van der Waals surface area contributed by atoms with Crippen LogP contribution in [0.4, 0.5) is 0 Å². The number of hydrogen-bond acceptors (Lipinski definition) is 6. The summed E-state index contributed by atoms with van der Waals surface area (Å²) in [6.07, 6.45) is 24.1. The van der Waals surface area contributed by atoms with Crippen LogP contribution < -0.4 is 0 Å². The molecule has 6 nitrogen and oxygen atoms in total. The third-order valence-electron chi connectivity index (χ3n) is 8.19. The van der Waals surface area contributed by atoms with Crippen molar-refractivity contribution in [2.45, 2.75) is 147 Å². The van der Waals surface area contributed by atoms with Crippen molar-refractivity contribution in [1.29, 1.82) is 0 Å². The summed E-state index contributed by atoms with van der Waals surface area (Å²) in [5.74, 6) is 0.487. The van der Waals surface area contributed by atoms with Gasteiger partial charge in [0.05, 0.1) is 37.4 Å². The van der Waals surface area contributed by atoms with E-state index >= 15 is 0 Å². The molecule has 0 saturated carbocycles. The van der Waals surface area contributed by atoms with Crippen LogP contribution in [0.5, 0.6) is 0 Å². The zero-order valence-corrected chi connectivity index (χ0v) is 27.8. The van der Waals surface area contributed by atoms with Gasteiger partial charge in [-0.1, -0.05) is 121 Å². The van der Waals surface area contributed by atoms with Crippen molar-refractivity contribution in [1.82, 2.24) is 0 Å². The smallest absolute Gasteiger partial charge is 0.296 e. The molecule has 0 amide bonds. The lowest BCUT2D eigenvalue weighted by Crippen LogP contribution is -2.15. The molecule has 1 fully saturated rings. The number of unbranched alkanes of at least 4 members (excludes halogenated alkanes) is 16. The minimum Gasteiger partial charge on any atom is -0.381 e. The van der Waals surface area contributed by atoms with E-state index in [-0.39, 0.29) is 17.6 Å². The van der Waals surface area contributed by atoms with Crippen molar-refractivity contribution in [3.8, 4) is 0 Å². The minimum absolute atomic E-state index is 0.181. The molecule has 1 aromatic carbocycles. The number of ether oxygens (including phenoxy) is 3. The van der Waals surface area contributed by atoms with Gasteiger partial charge in [0.15, 0.2) is 0 Å². The average molecular weight is 611 g/mol.